The number of esters is 1. The fraction of sp³-hybridized carbons (Fsp3) is 0.375. The molecule has 6 heteroatoms. The highest BCUT2D eigenvalue weighted by molar-refractivity contribution is 5.84. The number of nitrogens with zero attached hydrogens (tertiary/aromatic N) is 1. The van der Waals surface area contributed by atoms with Gasteiger partial charge < -0.3 is 18.8 Å². The van der Waals surface area contributed by atoms with Gasteiger partial charge in [-0.05, 0) is 19.1 Å². The largest absolute Gasteiger partial charge is 0.440 e. The lowest BCUT2D eigenvalue weighted by Gasteiger charge is -2.27. The predicted molar refractivity (Wildman–Crippen MR) is 81.6 cm³/mol. The van der Waals surface area contributed by atoms with E-state index in [0.717, 1.165) is 0 Å². The van der Waals surface area contributed by atoms with Crippen LogP contribution in [0.5, 0.6) is 5.75 Å². The van der Waals surface area contributed by atoms with Gasteiger partial charge in [0.25, 0.3) is 0 Å². The number of hydrogen-bond donors (Lipinski definition) is 0. The van der Waals surface area contributed by atoms with E-state index in [1.54, 1.807) is 19.1 Å². The van der Waals surface area contributed by atoms with Crippen molar-refractivity contribution in [3.63, 3.8) is 0 Å². The molecular weight excluding hydrogens is 286 g/mol. The molecule has 6 nitrogen and oxygen atoms in total. The zero-order valence-electron chi connectivity index (χ0n) is 12.5. The third-order valence-corrected chi connectivity index (χ3v) is 3.66. The third-order valence-electron chi connectivity index (χ3n) is 3.66. The molecule has 3 rings (SSSR count). The zero-order chi connectivity index (χ0) is 15.7. The van der Waals surface area contributed by atoms with E-state index >= 15 is 0 Å². The summed E-state index contributed by atoms with van der Waals surface area (Å²) >= 11 is 0. The molecule has 2 heterocycles. The van der Waals surface area contributed by atoms with Crippen LogP contribution < -0.4 is 15.1 Å². The summed E-state index contributed by atoms with van der Waals surface area (Å²) in [5.74, 6) is 0.514. The van der Waals surface area contributed by atoms with Gasteiger partial charge in [0.1, 0.15) is 11.3 Å². The standard InChI is InChI=1S/C16H17NO5/c1-10-14(21-11(2)18)4-3-12-13(19)9-15(22-16(10)12)17-5-7-20-8-6-17/h3-4,9H,5-8H2,1-2H3. The molecule has 0 aliphatic carbocycles. The van der Waals surface area contributed by atoms with Gasteiger partial charge in [0, 0.05) is 31.6 Å². The zero-order valence-corrected chi connectivity index (χ0v) is 12.5. The summed E-state index contributed by atoms with van der Waals surface area (Å²) in [6, 6.07) is 4.73. The number of rotatable bonds is 2. The summed E-state index contributed by atoms with van der Waals surface area (Å²) in [7, 11) is 0. The lowest BCUT2D eigenvalue weighted by Crippen LogP contribution is -2.36. The average molecular weight is 303 g/mol. The molecule has 116 valence electrons. The summed E-state index contributed by atoms with van der Waals surface area (Å²) in [6.07, 6.45) is 0. The topological polar surface area (TPSA) is 69.0 Å². The minimum absolute atomic E-state index is 0.111. The van der Waals surface area contributed by atoms with Crippen LogP contribution in [0.3, 0.4) is 0 Å². The summed E-state index contributed by atoms with van der Waals surface area (Å²) in [5, 5.41) is 0.477. The van der Waals surface area contributed by atoms with Gasteiger partial charge in [-0.25, -0.2) is 0 Å². The molecular formula is C16H17NO5. The molecule has 0 N–H and O–H groups in total. The van der Waals surface area contributed by atoms with Gasteiger partial charge in [-0.2, -0.15) is 0 Å². The average Bonchev–Trinajstić information content (AvgIpc) is 2.51. The molecule has 0 radical (unpaired) electrons. The van der Waals surface area contributed by atoms with Gasteiger partial charge in [-0.1, -0.05) is 0 Å². The van der Waals surface area contributed by atoms with E-state index < -0.39 is 5.97 Å². The smallest absolute Gasteiger partial charge is 0.308 e. The maximum Gasteiger partial charge on any atom is 0.308 e. The first-order valence-corrected chi connectivity index (χ1v) is 7.15. The monoisotopic (exact) mass is 303 g/mol. The summed E-state index contributed by atoms with van der Waals surface area (Å²) in [6.45, 7) is 5.67. The molecule has 0 saturated carbocycles. The Kier molecular flexibility index (Phi) is 3.85. The lowest BCUT2D eigenvalue weighted by molar-refractivity contribution is -0.131. The Bertz CT molecular complexity index is 774. The summed E-state index contributed by atoms with van der Waals surface area (Å²) in [5.41, 5.74) is 0.980. The molecule has 0 unspecified atom stereocenters. The van der Waals surface area contributed by atoms with Gasteiger partial charge in [-0.15, -0.1) is 0 Å². The third kappa shape index (κ3) is 2.69. The number of fused-ring (bicyclic) bond motifs is 1. The summed E-state index contributed by atoms with van der Waals surface area (Å²) in [4.78, 5) is 25.4. The van der Waals surface area contributed by atoms with Crippen molar-refractivity contribution < 1.29 is 18.7 Å². The Morgan fingerprint density at radius 3 is 2.68 bits per heavy atom. The van der Waals surface area contributed by atoms with Crippen LogP contribution in [0.2, 0.25) is 0 Å². The van der Waals surface area contributed by atoms with Gasteiger partial charge in [0.05, 0.1) is 18.6 Å². The van der Waals surface area contributed by atoms with Crippen molar-refractivity contribution in [3.8, 4) is 5.75 Å². The maximum absolute atomic E-state index is 12.3. The number of benzene rings is 1. The first-order valence-electron chi connectivity index (χ1n) is 7.15. The highest BCUT2D eigenvalue weighted by atomic mass is 16.5. The molecule has 1 aliphatic rings. The molecule has 0 amide bonds. The van der Waals surface area contributed by atoms with E-state index in [1.807, 2.05) is 4.90 Å². The molecule has 0 spiro atoms. The van der Waals surface area contributed by atoms with Crippen molar-refractivity contribution in [2.75, 3.05) is 31.2 Å². The Morgan fingerprint density at radius 1 is 1.27 bits per heavy atom. The maximum atomic E-state index is 12.3. The van der Waals surface area contributed by atoms with Gasteiger partial charge >= 0.3 is 5.97 Å². The molecule has 0 bridgehead atoms. The second kappa shape index (κ2) is 5.81. The number of aryl methyl sites for hydroxylation is 1. The van der Waals surface area contributed by atoms with E-state index in [9.17, 15) is 9.59 Å². The highest BCUT2D eigenvalue weighted by Gasteiger charge is 2.17. The van der Waals surface area contributed by atoms with E-state index in [1.165, 1.54) is 13.0 Å². The van der Waals surface area contributed by atoms with Crippen molar-refractivity contribution in [2.24, 2.45) is 0 Å². The molecule has 2 aromatic rings. The normalized spacial score (nSPS) is 15.1. The second-order valence-electron chi connectivity index (χ2n) is 5.21. The van der Waals surface area contributed by atoms with Crippen LogP contribution >= 0.6 is 0 Å². The highest BCUT2D eigenvalue weighted by Crippen LogP contribution is 2.28. The predicted octanol–water partition coefficient (Wildman–Crippen LogP) is 1.86. The van der Waals surface area contributed by atoms with Crippen molar-refractivity contribution in [2.45, 2.75) is 13.8 Å². The molecule has 1 saturated heterocycles. The molecule has 1 fully saturated rings. The van der Waals surface area contributed by atoms with Crippen molar-refractivity contribution >= 4 is 22.8 Å². The number of anilines is 1. The Hall–Kier alpha value is -2.34. The Labute approximate surface area is 127 Å². The Balaban J connectivity index is 2.11. The lowest BCUT2D eigenvalue weighted by atomic mass is 10.1. The van der Waals surface area contributed by atoms with Crippen molar-refractivity contribution in [1.82, 2.24) is 0 Å². The number of ether oxygens (including phenoxy) is 2. The summed E-state index contributed by atoms with van der Waals surface area (Å²) < 4.78 is 16.4. The van der Waals surface area contributed by atoms with Gasteiger partial charge in [0.2, 0.25) is 0 Å². The van der Waals surface area contributed by atoms with Crippen LogP contribution in [0.4, 0.5) is 5.88 Å². The second-order valence-corrected chi connectivity index (χ2v) is 5.21. The van der Waals surface area contributed by atoms with Crippen LogP contribution in [0.25, 0.3) is 11.0 Å². The van der Waals surface area contributed by atoms with Crippen LogP contribution in [0.1, 0.15) is 12.5 Å². The minimum Gasteiger partial charge on any atom is -0.440 e. The first-order chi connectivity index (χ1) is 10.6. The van der Waals surface area contributed by atoms with E-state index in [0.29, 0.717) is 54.5 Å². The fourth-order valence-electron chi connectivity index (χ4n) is 2.53. The SMILES string of the molecule is CC(=O)Oc1ccc2c(=O)cc(N3CCOCC3)oc2c1C. The van der Waals surface area contributed by atoms with Crippen LogP contribution in [-0.2, 0) is 9.53 Å². The number of morpholine rings is 1. The van der Waals surface area contributed by atoms with E-state index in [-0.39, 0.29) is 5.43 Å². The number of carbonyl (C=O) groups excluding carboxylic acids is 1. The fourth-order valence-corrected chi connectivity index (χ4v) is 2.53. The van der Waals surface area contributed by atoms with Gasteiger partial charge in [0.15, 0.2) is 11.3 Å². The molecule has 0 atom stereocenters. The van der Waals surface area contributed by atoms with Crippen LogP contribution in [-0.4, -0.2) is 32.3 Å². The quantitative estimate of drug-likeness (QED) is 0.623. The van der Waals surface area contributed by atoms with Crippen LogP contribution in [0.15, 0.2) is 27.4 Å². The number of carbonyl (C=O) groups is 1. The van der Waals surface area contributed by atoms with Crippen molar-refractivity contribution in [3.05, 3.63) is 34.0 Å². The van der Waals surface area contributed by atoms with Gasteiger partial charge in [-0.3, -0.25) is 9.59 Å². The van der Waals surface area contributed by atoms with Crippen molar-refractivity contribution in [1.29, 1.82) is 0 Å². The van der Waals surface area contributed by atoms with E-state index in [2.05, 4.69) is 0 Å². The molecule has 22 heavy (non-hydrogen) atoms. The molecule has 1 aromatic carbocycles. The first kappa shape index (κ1) is 14.6. The van der Waals surface area contributed by atoms with E-state index in [4.69, 9.17) is 13.9 Å². The minimum atomic E-state index is -0.408. The molecule has 1 aliphatic heterocycles. The molecule has 1 aromatic heterocycles. The van der Waals surface area contributed by atoms with Crippen LogP contribution in [0, 0.1) is 6.92 Å². The Morgan fingerprint density at radius 2 is 2.00 bits per heavy atom. The number of hydrogen-bond acceptors (Lipinski definition) is 6.